The molecule has 6 nitrogen and oxygen atoms in total. The van der Waals surface area contributed by atoms with E-state index in [1.54, 1.807) is 18.1 Å². The molecule has 1 fully saturated rings. The maximum absolute atomic E-state index is 13.1. The quantitative estimate of drug-likeness (QED) is 0.431. The van der Waals surface area contributed by atoms with E-state index in [0.717, 1.165) is 6.42 Å². The fraction of sp³-hybridized carbons (Fsp3) is 0.333. The number of hydrogen-bond acceptors (Lipinski definition) is 3. The number of hydrogen-bond donors (Lipinski definition) is 1. The van der Waals surface area contributed by atoms with Gasteiger partial charge in [0, 0.05) is 26.4 Å². The van der Waals surface area contributed by atoms with Crippen LogP contribution in [0.5, 0.6) is 0 Å². The molecule has 3 aromatic carbocycles. The lowest BCUT2D eigenvalue weighted by Gasteiger charge is -2.41. The van der Waals surface area contributed by atoms with Crippen molar-refractivity contribution in [3.8, 4) is 11.1 Å². The zero-order valence-electron chi connectivity index (χ0n) is 22.4. The molecule has 0 aliphatic carbocycles. The zero-order valence-corrected chi connectivity index (χ0v) is 22.4. The van der Waals surface area contributed by atoms with Gasteiger partial charge in [-0.25, -0.2) is 9.18 Å². The van der Waals surface area contributed by atoms with Gasteiger partial charge in [-0.3, -0.25) is 4.79 Å². The molecule has 3 aromatic rings. The van der Waals surface area contributed by atoms with E-state index in [0.29, 0.717) is 18.8 Å². The van der Waals surface area contributed by atoms with Gasteiger partial charge >= 0.3 is 6.03 Å². The van der Waals surface area contributed by atoms with Gasteiger partial charge in [0.05, 0.1) is 12.6 Å². The lowest BCUT2D eigenvalue weighted by atomic mass is 10.0. The van der Waals surface area contributed by atoms with Crippen molar-refractivity contribution in [1.29, 1.82) is 0 Å². The van der Waals surface area contributed by atoms with Gasteiger partial charge in [-0.2, -0.15) is 0 Å². The van der Waals surface area contributed by atoms with Crippen molar-refractivity contribution in [3.63, 3.8) is 0 Å². The Hall–Kier alpha value is -3.71. The van der Waals surface area contributed by atoms with E-state index in [1.807, 2.05) is 19.9 Å². The smallest absolute Gasteiger partial charge is 0.322 e. The van der Waals surface area contributed by atoms with E-state index in [-0.39, 0.29) is 18.5 Å². The van der Waals surface area contributed by atoms with Crippen molar-refractivity contribution in [1.82, 2.24) is 9.80 Å². The van der Waals surface area contributed by atoms with E-state index in [4.69, 9.17) is 4.74 Å². The number of nitrogens with zero attached hydrogens (tertiary/aromatic N) is 2. The summed E-state index contributed by atoms with van der Waals surface area (Å²) in [5, 5.41) is 2.55. The van der Waals surface area contributed by atoms with Gasteiger partial charge in [0.15, 0.2) is 0 Å². The van der Waals surface area contributed by atoms with E-state index < -0.39 is 11.8 Å². The molecular formula is C30H38FN3O3. The van der Waals surface area contributed by atoms with Crippen LogP contribution in [0.1, 0.15) is 25.8 Å². The highest BCUT2D eigenvalue weighted by Crippen LogP contribution is 2.22. The van der Waals surface area contributed by atoms with E-state index in [2.05, 4.69) is 60.8 Å². The number of nitrogens with one attached hydrogen (secondary N) is 1. The summed E-state index contributed by atoms with van der Waals surface area (Å²) in [5.74, 6) is -0.551. The van der Waals surface area contributed by atoms with Gasteiger partial charge in [0.25, 0.3) is 0 Å². The lowest BCUT2D eigenvalue weighted by Crippen LogP contribution is -2.56. The van der Waals surface area contributed by atoms with Crippen molar-refractivity contribution in [3.05, 3.63) is 90.2 Å². The highest BCUT2D eigenvalue weighted by Gasteiger charge is 2.32. The number of likely N-dealkylation sites (N-methyl/N-ethyl adjacent to an activating group) is 1. The number of aryl methyl sites for hydroxylation is 1. The maximum Gasteiger partial charge on any atom is 0.322 e. The number of likely N-dealkylation sites (tertiary alicyclic amines) is 1. The molecule has 1 heterocycles. The van der Waals surface area contributed by atoms with Crippen LogP contribution in [0.4, 0.5) is 14.9 Å². The van der Waals surface area contributed by atoms with Crippen molar-refractivity contribution < 1.29 is 18.7 Å². The Morgan fingerprint density at radius 2 is 1.70 bits per heavy atom. The maximum atomic E-state index is 13.1. The summed E-state index contributed by atoms with van der Waals surface area (Å²) >= 11 is 0. The Morgan fingerprint density at radius 1 is 1.03 bits per heavy atom. The number of amides is 3. The normalized spacial score (nSPS) is 13.7. The summed E-state index contributed by atoms with van der Waals surface area (Å²) in [6, 6.07) is 24.2. The molecule has 1 unspecified atom stereocenters. The fourth-order valence-corrected chi connectivity index (χ4v) is 3.80. The Morgan fingerprint density at radius 3 is 2.30 bits per heavy atom. The van der Waals surface area contributed by atoms with Crippen LogP contribution in [0.25, 0.3) is 11.1 Å². The summed E-state index contributed by atoms with van der Waals surface area (Å²) in [5.41, 5.74) is 4.29. The van der Waals surface area contributed by atoms with Crippen LogP contribution >= 0.6 is 0 Å². The molecular weight excluding hydrogens is 469 g/mol. The second-order valence-corrected chi connectivity index (χ2v) is 8.46. The molecule has 0 bridgehead atoms. The van der Waals surface area contributed by atoms with Crippen molar-refractivity contribution in [2.45, 2.75) is 33.2 Å². The van der Waals surface area contributed by atoms with E-state index in [9.17, 15) is 14.0 Å². The SMILES string of the molecule is CC.COCC1CCN1C(=O)CN(C)C(=O)Nc1cccc(F)c1.Cc1ccccc1-c1ccccc1. The first-order valence-electron chi connectivity index (χ1n) is 12.6. The van der Waals surface area contributed by atoms with Crippen LogP contribution in [0.2, 0.25) is 0 Å². The van der Waals surface area contributed by atoms with Gasteiger partial charge < -0.3 is 19.9 Å². The predicted octanol–water partition coefficient (Wildman–Crippen LogP) is 6.22. The number of halogens is 1. The van der Waals surface area contributed by atoms with E-state index >= 15 is 0 Å². The topological polar surface area (TPSA) is 61.9 Å². The van der Waals surface area contributed by atoms with Crippen LogP contribution in [0.3, 0.4) is 0 Å². The number of anilines is 1. The highest BCUT2D eigenvalue weighted by atomic mass is 19.1. The number of carbonyl (C=O) groups excluding carboxylic acids is 2. The van der Waals surface area contributed by atoms with Gasteiger partial charge in [0.1, 0.15) is 12.4 Å². The van der Waals surface area contributed by atoms with Crippen molar-refractivity contribution in [2.24, 2.45) is 0 Å². The lowest BCUT2D eigenvalue weighted by molar-refractivity contribution is -0.141. The Kier molecular flexibility index (Phi) is 12.3. The van der Waals surface area contributed by atoms with Gasteiger partial charge in [-0.15, -0.1) is 0 Å². The third-order valence-electron chi connectivity index (χ3n) is 5.85. The molecule has 0 radical (unpaired) electrons. The number of urea groups is 1. The third-order valence-corrected chi connectivity index (χ3v) is 5.85. The summed E-state index contributed by atoms with van der Waals surface area (Å²) in [4.78, 5) is 27.1. The van der Waals surface area contributed by atoms with E-state index in [1.165, 1.54) is 46.8 Å². The monoisotopic (exact) mass is 507 g/mol. The molecule has 0 spiro atoms. The minimum absolute atomic E-state index is 0.0264. The number of rotatable bonds is 6. The highest BCUT2D eigenvalue weighted by molar-refractivity contribution is 5.92. The summed E-state index contributed by atoms with van der Waals surface area (Å²) in [6.07, 6.45) is 0.915. The molecule has 3 amide bonds. The molecule has 37 heavy (non-hydrogen) atoms. The standard InChI is InChI=1S/C15H20FN3O3.C13H12.C2H6/c1-18(9-14(20)19-7-6-13(19)10-22-2)15(21)17-12-5-3-4-11(16)8-12;1-11-7-5-6-10-13(11)12-8-3-2-4-9-12;1-2/h3-5,8,13H,6-7,9-10H2,1-2H3,(H,17,21);2-10H,1H3;1-2H3. The zero-order chi connectivity index (χ0) is 27.2. The third kappa shape index (κ3) is 9.03. The van der Waals surface area contributed by atoms with Crippen LogP contribution < -0.4 is 5.32 Å². The molecule has 7 heteroatoms. The molecule has 1 aliphatic rings. The molecule has 0 saturated carbocycles. The molecule has 1 atom stereocenters. The first kappa shape index (κ1) is 29.5. The Bertz CT molecular complexity index is 1120. The second kappa shape index (κ2) is 15.4. The number of carbonyl (C=O) groups is 2. The molecule has 4 rings (SSSR count). The number of benzene rings is 3. The number of ether oxygens (including phenoxy) is 1. The van der Waals surface area contributed by atoms with Crippen LogP contribution in [-0.2, 0) is 9.53 Å². The van der Waals surface area contributed by atoms with Gasteiger partial charge in [0.2, 0.25) is 5.91 Å². The largest absolute Gasteiger partial charge is 0.383 e. The molecule has 198 valence electrons. The minimum Gasteiger partial charge on any atom is -0.383 e. The predicted molar refractivity (Wildman–Crippen MR) is 148 cm³/mol. The van der Waals surface area contributed by atoms with Crippen molar-refractivity contribution >= 4 is 17.6 Å². The average Bonchev–Trinajstić information content (AvgIpc) is 2.89. The van der Waals surface area contributed by atoms with Gasteiger partial charge in [-0.05, 0) is 48.2 Å². The minimum atomic E-state index is -0.456. The van der Waals surface area contributed by atoms with Crippen molar-refractivity contribution in [2.75, 3.05) is 39.2 Å². The summed E-state index contributed by atoms with van der Waals surface area (Å²) < 4.78 is 18.1. The molecule has 0 aromatic heterocycles. The summed E-state index contributed by atoms with van der Waals surface area (Å²) in [6.45, 7) is 7.31. The fourth-order valence-electron chi connectivity index (χ4n) is 3.80. The molecule has 1 aliphatic heterocycles. The Labute approximate surface area is 220 Å². The molecule has 1 N–H and O–H groups in total. The van der Waals surface area contributed by atoms with Gasteiger partial charge in [-0.1, -0.05) is 74.5 Å². The first-order chi connectivity index (χ1) is 17.9. The first-order valence-corrected chi connectivity index (χ1v) is 12.6. The van der Waals surface area contributed by atoms with Crippen LogP contribution in [-0.4, -0.2) is 61.6 Å². The van der Waals surface area contributed by atoms with Crippen LogP contribution in [0.15, 0.2) is 78.9 Å². The summed E-state index contributed by atoms with van der Waals surface area (Å²) in [7, 11) is 3.12. The second-order valence-electron chi connectivity index (χ2n) is 8.46. The average molecular weight is 508 g/mol. The Balaban J connectivity index is 0.000000272. The number of methoxy groups -OCH3 is 1. The molecule has 1 saturated heterocycles. The van der Waals surface area contributed by atoms with Crippen LogP contribution in [0, 0.1) is 12.7 Å².